The summed E-state index contributed by atoms with van der Waals surface area (Å²) in [7, 11) is 1.28. The van der Waals surface area contributed by atoms with Crippen LogP contribution in [0, 0.1) is 0 Å². The highest BCUT2D eigenvalue weighted by atomic mass is 16.7. The zero-order valence-electron chi connectivity index (χ0n) is 25.1. The Bertz CT molecular complexity index is 1670. The van der Waals surface area contributed by atoms with Crippen LogP contribution in [0.3, 0.4) is 0 Å². The van der Waals surface area contributed by atoms with E-state index in [0.717, 1.165) is 19.1 Å². The number of fused-ring (bicyclic) bond motifs is 1. The maximum absolute atomic E-state index is 13.9. The van der Waals surface area contributed by atoms with E-state index in [-0.39, 0.29) is 28.4 Å². The number of benzene rings is 2. The van der Waals surface area contributed by atoms with E-state index in [2.05, 4.69) is 0 Å². The molecule has 17 heteroatoms. The van der Waals surface area contributed by atoms with Gasteiger partial charge in [0.1, 0.15) is 59.1 Å². The first-order valence-electron chi connectivity index (χ1n) is 14.3. The predicted octanol–water partition coefficient (Wildman–Crippen LogP) is -0.813. The molecule has 10 atom stereocenters. The lowest BCUT2D eigenvalue weighted by Crippen LogP contribution is -2.62. The molecule has 2 fully saturated rings. The number of phenols is 3. The standard InChI is InChI=1S/C30H34O17/c1-10-20(35)23(38)25(40)29(43-10)42-9-18-21(36)24(39)28(44-11(2)31)30(46-18)47-27-22(37)19-15(34)7-13(32)8-17(19)45-26(27)12-4-5-14(33)16(6-12)41-3/h4-8,10,18,20-21,23-25,28-30,32-36,38-40H,9H2,1-3H3/t10?,18?,20-,21+,23?,24-,25-,28?,29+,30-/m0/s1. The summed E-state index contributed by atoms with van der Waals surface area (Å²) in [6.45, 7) is 1.82. The first kappa shape index (κ1) is 34.1. The molecule has 4 unspecified atom stereocenters. The van der Waals surface area contributed by atoms with E-state index in [1.807, 2.05) is 0 Å². The first-order valence-corrected chi connectivity index (χ1v) is 14.3. The lowest BCUT2D eigenvalue weighted by atomic mass is 9.98. The van der Waals surface area contributed by atoms with Crippen molar-refractivity contribution in [2.24, 2.45) is 0 Å². The SMILES string of the molecule is COc1cc(-c2oc3cc(O)cc(O)c3c(=O)c2O[C@@H]2OC(CO[C@@H]3OC(C)[C@H](O)C(O)[C@@H]3O)[C@@H](O)[C@H](O)C2OC(C)=O)ccc1O. The van der Waals surface area contributed by atoms with Gasteiger partial charge in [0.2, 0.25) is 17.5 Å². The molecule has 0 radical (unpaired) electrons. The van der Waals surface area contributed by atoms with E-state index in [9.17, 15) is 50.4 Å². The van der Waals surface area contributed by atoms with E-state index in [1.54, 1.807) is 0 Å². The normalized spacial score (nSPS) is 31.0. The number of aromatic hydroxyl groups is 3. The Morgan fingerprint density at radius 1 is 0.872 bits per heavy atom. The number of phenolic OH excluding ortho intramolecular Hbond substituents is 3. The fourth-order valence-electron chi connectivity index (χ4n) is 5.30. The number of rotatable bonds is 8. The summed E-state index contributed by atoms with van der Waals surface area (Å²) >= 11 is 0. The third-order valence-corrected chi connectivity index (χ3v) is 7.77. The predicted molar refractivity (Wildman–Crippen MR) is 155 cm³/mol. The number of carbonyl (C=O) groups is 1. The highest BCUT2D eigenvalue weighted by Gasteiger charge is 2.50. The Kier molecular flexibility index (Phi) is 9.81. The van der Waals surface area contributed by atoms with Crippen LogP contribution in [0.2, 0.25) is 0 Å². The summed E-state index contributed by atoms with van der Waals surface area (Å²) in [6.07, 6.45) is -16.0. The van der Waals surface area contributed by atoms with Gasteiger partial charge in [-0.2, -0.15) is 0 Å². The molecule has 0 aliphatic carbocycles. The van der Waals surface area contributed by atoms with E-state index >= 15 is 0 Å². The van der Waals surface area contributed by atoms with Crippen LogP contribution in [0.5, 0.6) is 28.7 Å². The highest BCUT2D eigenvalue weighted by molar-refractivity contribution is 5.88. The number of esters is 1. The molecule has 1 aromatic heterocycles. The molecular weight excluding hydrogens is 632 g/mol. The zero-order valence-corrected chi connectivity index (χ0v) is 25.1. The van der Waals surface area contributed by atoms with Gasteiger partial charge in [-0.3, -0.25) is 9.59 Å². The Labute approximate surface area is 265 Å². The number of hydrogen-bond acceptors (Lipinski definition) is 17. The molecule has 47 heavy (non-hydrogen) atoms. The number of carbonyl (C=O) groups excluding carboxylic acids is 1. The second-order valence-electron chi connectivity index (χ2n) is 11.0. The van der Waals surface area contributed by atoms with Crippen LogP contribution in [-0.4, -0.2) is 122 Å². The van der Waals surface area contributed by atoms with Crippen molar-refractivity contribution >= 4 is 16.9 Å². The summed E-state index contributed by atoms with van der Waals surface area (Å²) in [5.41, 5.74) is -1.17. The molecule has 256 valence electrons. The zero-order chi connectivity index (χ0) is 34.3. The Balaban J connectivity index is 1.54. The minimum absolute atomic E-state index is 0.0310. The van der Waals surface area contributed by atoms with Crippen molar-refractivity contribution in [3.8, 4) is 40.1 Å². The average Bonchev–Trinajstić information content (AvgIpc) is 3.02. The Hall–Kier alpha value is -4.20. The molecule has 0 spiro atoms. The van der Waals surface area contributed by atoms with Gasteiger partial charge in [0.25, 0.3) is 0 Å². The Morgan fingerprint density at radius 3 is 2.28 bits per heavy atom. The molecule has 17 nitrogen and oxygen atoms in total. The summed E-state index contributed by atoms with van der Waals surface area (Å²) in [5.74, 6) is -3.30. The molecular formula is C30H34O17. The van der Waals surface area contributed by atoms with Crippen LogP contribution in [-0.2, 0) is 23.7 Å². The fraction of sp³-hybridized carbons (Fsp3) is 0.467. The van der Waals surface area contributed by atoms with Crippen molar-refractivity contribution < 1.29 is 78.5 Å². The lowest BCUT2D eigenvalue weighted by molar-refractivity contribution is -0.319. The second-order valence-corrected chi connectivity index (χ2v) is 11.0. The van der Waals surface area contributed by atoms with Gasteiger partial charge in [0, 0.05) is 24.6 Å². The lowest BCUT2D eigenvalue weighted by Gasteiger charge is -2.43. The summed E-state index contributed by atoms with van der Waals surface area (Å²) in [4.78, 5) is 25.9. The third-order valence-electron chi connectivity index (χ3n) is 7.77. The van der Waals surface area contributed by atoms with Crippen molar-refractivity contribution in [1.29, 1.82) is 0 Å². The third kappa shape index (κ3) is 6.65. The van der Waals surface area contributed by atoms with Gasteiger partial charge in [-0.05, 0) is 25.1 Å². The smallest absolute Gasteiger partial charge is 0.303 e. The van der Waals surface area contributed by atoms with Crippen molar-refractivity contribution in [2.75, 3.05) is 13.7 Å². The summed E-state index contributed by atoms with van der Waals surface area (Å²) in [6, 6.07) is 5.80. The highest BCUT2D eigenvalue weighted by Crippen LogP contribution is 2.40. The minimum atomic E-state index is -1.90. The van der Waals surface area contributed by atoms with Gasteiger partial charge >= 0.3 is 5.97 Å². The molecule has 0 saturated carbocycles. The molecule has 3 aromatic rings. The van der Waals surface area contributed by atoms with Crippen LogP contribution in [0.4, 0.5) is 0 Å². The molecule has 2 saturated heterocycles. The molecule has 0 amide bonds. The van der Waals surface area contributed by atoms with Crippen LogP contribution >= 0.6 is 0 Å². The molecule has 2 aliphatic heterocycles. The van der Waals surface area contributed by atoms with Crippen LogP contribution in [0.25, 0.3) is 22.3 Å². The van der Waals surface area contributed by atoms with Crippen LogP contribution in [0.15, 0.2) is 39.5 Å². The fourth-order valence-corrected chi connectivity index (χ4v) is 5.30. The van der Waals surface area contributed by atoms with Gasteiger partial charge in [-0.1, -0.05) is 0 Å². The summed E-state index contributed by atoms with van der Waals surface area (Å²) in [5, 5.41) is 82.5. The number of hydrogen-bond donors (Lipinski definition) is 8. The Morgan fingerprint density at radius 2 is 1.60 bits per heavy atom. The monoisotopic (exact) mass is 666 g/mol. The van der Waals surface area contributed by atoms with Crippen LogP contribution in [0.1, 0.15) is 13.8 Å². The molecule has 8 N–H and O–H groups in total. The van der Waals surface area contributed by atoms with Gasteiger partial charge in [-0.25, -0.2) is 0 Å². The van der Waals surface area contributed by atoms with E-state index in [0.29, 0.717) is 0 Å². The maximum atomic E-state index is 13.9. The minimum Gasteiger partial charge on any atom is -0.508 e. The number of aliphatic hydroxyl groups is 5. The van der Waals surface area contributed by atoms with Gasteiger partial charge in [-0.15, -0.1) is 0 Å². The second kappa shape index (κ2) is 13.5. The van der Waals surface area contributed by atoms with Gasteiger partial charge in [0.05, 0.1) is 19.8 Å². The maximum Gasteiger partial charge on any atom is 0.303 e. The van der Waals surface area contributed by atoms with Crippen molar-refractivity contribution in [3.63, 3.8) is 0 Å². The van der Waals surface area contributed by atoms with E-state index in [1.165, 1.54) is 32.2 Å². The first-order chi connectivity index (χ1) is 22.2. The van der Waals surface area contributed by atoms with Crippen LogP contribution < -0.4 is 14.9 Å². The van der Waals surface area contributed by atoms with Crippen molar-refractivity contribution in [1.82, 2.24) is 0 Å². The number of aliphatic hydroxyl groups excluding tert-OH is 5. The average molecular weight is 667 g/mol. The quantitative estimate of drug-likeness (QED) is 0.137. The largest absolute Gasteiger partial charge is 0.508 e. The van der Waals surface area contributed by atoms with E-state index < -0.39 is 102 Å². The number of ether oxygens (including phenoxy) is 6. The molecule has 0 bridgehead atoms. The van der Waals surface area contributed by atoms with Gasteiger partial charge < -0.3 is 73.7 Å². The molecule has 3 heterocycles. The molecule has 5 rings (SSSR count). The van der Waals surface area contributed by atoms with Crippen molar-refractivity contribution in [2.45, 2.75) is 75.3 Å². The number of methoxy groups -OCH3 is 1. The molecule has 2 aromatic carbocycles. The van der Waals surface area contributed by atoms with Crippen molar-refractivity contribution in [3.05, 3.63) is 40.6 Å². The summed E-state index contributed by atoms with van der Waals surface area (Å²) < 4.78 is 38.9. The van der Waals surface area contributed by atoms with E-state index in [4.69, 9.17) is 32.8 Å². The van der Waals surface area contributed by atoms with Gasteiger partial charge in [0.15, 0.2) is 29.7 Å². The topological polar surface area (TPSA) is 264 Å². The molecule has 2 aliphatic rings.